The van der Waals surface area contributed by atoms with E-state index in [9.17, 15) is 22.8 Å². The van der Waals surface area contributed by atoms with Crippen LogP contribution in [0.4, 0.5) is 18.9 Å². The van der Waals surface area contributed by atoms with Crippen molar-refractivity contribution in [2.45, 2.75) is 6.92 Å². The minimum absolute atomic E-state index is 0.00855. The number of hydrogen-bond donors (Lipinski definition) is 1. The van der Waals surface area contributed by atoms with E-state index >= 15 is 0 Å². The van der Waals surface area contributed by atoms with E-state index in [1.807, 2.05) is 0 Å². The maximum absolute atomic E-state index is 13.4. The largest absolute Gasteiger partial charge is 0.483 e. The highest BCUT2D eigenvalue weighted by Gasteiger charge is 2.13. The predicted octanol–water partition coefficient (Wildman–Crippen LogP) is 3.32. The highest BCUT2D eigenvalue weighted by atomic mass is 19.1. The average Bonchev–Trinajstić information content (AvgIpc) is 2.48. The molecule has 1 amide bonds. The molecule has 0 aliphatic carbocycles. The van der Waals surface area contributed by atoms with Gasteiger partial charge in [0.25, 0.3) is 5.91 Å². The second kappa shape index (κ2) is 6.95. The molecule has 4 nitrogen and oxygen atoms in total. The van der Waals surface area contributed by atoms with Crippen LogP contribution in [0.2, 0.25) is 0 Å². The van der Waals surface area contributed by atoms with Crippen molar-refractivity contribution in [2.24, 2.45) is 0 Å². The predicted molar refractivity (Wildman–Crippen MR) is 76.9 cm³/mol. The number of benzene rings is 2. The van der Waals surface area contributed by atoms with Crippen LogP contribution >= 0.6 is 0 Å². The van der Waals surface area contributed by atoms with Gasteiger partial charge in [-0.2, -0.15) is 0 Å². The zero-order valence-corrected chi connectivity index (χ0v) is 12.0. The van der Waals surface area contributed by atoms with Gasteiger partial charge in [-0.3, -0.25) is 9.59 Å². The fourth-order valence-electron chi connectivity index (χ4n) is 1.82. The number of halogens is 3. The minimum Gasteiger partial charge on any atom is -0.483 e. The summed E-state index contributed by atoms with van der Waals surface area (Å²) in [6.07, 6.45) is 0. The van der Waals surface area contributed by atoms with Gasteiger partial charge in [0.1, 0.15) is 23.2 Å². The van der Waals surface area contributed by atoms with E-state index in [2.05, 4.69) is 5.32 Å². The lowest BCUT2D eigenvalue weighted by Crippen LogP contribution is -2.21. The Hall–Kier alpha value is -2.83. The summed E-state index contributed by atoms with van der Waals surface area (Å²) in [5, 5.41) is 2.20. The Balaban J connectivity index is 2.03. The molecule has 0 heterocycles. The molecule has 0 bridgehead atoms. The van der Waals surface area contributed by atoms with Gasteiger partial charge in [-0.05, 0) is 37.3 Å². The number of carbonyl (C=O) groups excluding carboxylic acids is 2. The zero-order valence-electron chi connectivity index (χ0n) is 12.0. The van der Waals surface area contributed by atoms with Crippen molar-refractivity contribution in [2.75, 3.05) is 11.9 Å². The summed E-state index contributed by atoms with van der Waals surface area (Å²) in [6.45, 7) is 0.707. The van der Waals surface area contributed by atoms with E-state index in [0.717, 1.165) is 24.3 Å². The van der Waals surface area contributed by atoms with Gasteiger partial charge in [0, 0.05) is 6.07 Å². The maximum Gasteiger partial charge on any atom is 0.262 e. The third-order valence-corrected chi connectivity index (χ3v) is 2.88. The topological polar surface area (TPSA) is 55.4 Å². The molecule has 0 saturated carbocycles. The van der Waals surface area contributed by atoms with E-state index in [0.29, 0.717) is 6.07 Å². The number of carbonyl (C=O) groups is 2. The molecule has 0 unspecified atom stereocenters. The normalized spacial score (nSPS) is 10.3. The molecule has 0 atom stereocenters. The first-order valence-electron chi connectivity index (χ1n) is 6.55. The lowest BCUT2D eigenvalue weighted by Gasteiger charge is -2.10. The summed E-state index contributed by atoms with van der Waals surface area (Å²) in [5.41, 5.74) is -0.211. The van der Waals surface area contributed by atoms with Crippen molar-refractivity contribution in [3.63, 3.8) is 0 Å². The zero-order chi connectivity index (χ0) is 17.0. The summed E-state index contributed by atoms with van der Waals surface area (Å²) >= 11 is 0. The van der Waals surface area contributed by atoms with Gasteiger partial charge in [-0.25, -0.2) is 13.2 Å². The summed E-state index contributed by atoms with van der Waals surface area (Å²) in [5.74, 6) is -3.41. The molecule has 0 radical (unpaired) electrons. The van der Waals surface area contributed by atoms with E-state index < -0.39 is 35.7 Å². The number of anilines is 1. The van der Waals surface area contributed by atoms with Crippen LogP contribution in [-0.4, -0.2) is 18.3 Å². The minimum atomic E-state index is -0.926. The Bertz CT molecular complexity index is 762. The lowest BCUT2D eigenvalue weighted by atomic mass is 10.1. The number of rotatable bonds is 5. The number of ether oxygens (including phenoxy) is 1. The SMILES string of the molecule is CC(=O)c1cc(F)ccc1OCC(=O)Nc1ccc(F)cc1F. The Morgan fingerprint density at radius 2 is 1.70 bits per heavy atom. The van der Waals surface area contributed by atoms with Gasteiger partial charge >= 0.3 is 0 Å². The van der Waals surface area contributed by atoms with E-state index in [1.165, 1.54) is 13.0 Å². The van der Waals surface area contributed by atoms with Crippen molar-refractivity contribution >= 4 is 17.4 Å². The number of Topliss-reactive ketones (excluding diaryl/α,β-unsaturated/α-hetero) is 1. The van der Waals surface area contributed by atoms with Gasteiger partial charge in [-0.1, -0.05) is 0 Å². The molecular weight excluding hydrogens is 311 g/mol. The van der Waals surface area contributed by atoms with Crippen molar-refractivity contribution in [3.8, 4) is 5.75 Å². The van der Waals surface area contributed by atoms with Gasteiger partial charge in [0.05, 0.1) is 11.3 Å². The molecule has 23 heavy (non-hydrogen) atoms. The molecule has 7 heteroatoms. The van der Waals surface area contributed by atoms with Crippen LogP contribution in [-0.2, 0) is 4.79 Å². The lowest BCUT2D eigenvalue weighted by molar-refractivity contribution is -0.118. The number of ketones is 1. The highest BCUT2D eigenvalue weighted by molar-refractivity contribution is 5.97. The number of nitrogens with one attached hydrogen (secondary N) is 1. The molecular formula is C16H12F3NO3. The third-order valence-electron chi connectivity index (χ3n) is 2.88. The summed E-state index contributed by atoms with van der Waals surface area (Å²) in [6, 6.07) is 5.99. The first-order valence-corrected chi connectivity index (χ1v) is 6.55. The monoisotopic (exact) mass is 323 g/mol. The van der Waals surface area contributed by atoms with Crippen LogP contribution in [0.1, 0.15) is 17.3 Å². The van der Waals surface area contributed by atoms with Crippen LogP contribution in [0.25, 0.3) is 0 Å². The van der Waals surface area contributed by atoms with Gasteiger partial charge in [0.15, 0.2) is 12.4 Å². The smallest absolute Gasteiger partial charge is 0.262 e. The van der Waals surface area contributed by atoms with Crippen LogP contribution in [0, 0.1) is 17.5 Å². The second-order valence-corrected chi connectivity index (χ2v) is 4.66. The molecule has 0 aliphatic heterocycles. The van der Waals surface area contributed by atoms with Crippen LogP contribution in [0.15, 0.2) is 36.4 Å². The Morgan fingerprint density at radius 1 is 1.04 bits per heavy atom. The third kappa shape index (κ3) is 4.32. The summed E-state index contributed by atoms with van der Waals surface area (Å²) in [7, 11) is 0. The molecule has 1 N–H and O–H groups in total. The Labute approximate surface area is 129 Å². The molecule has 0 saturated heterocycles. The molecule has 0 fully saturated rings. The molecule has 0 spiro atoms. The quantitative estimate of drug-likeness (QED) is 0.859. The number of amides is 1. The van der Waals surface area contributed by atoms with Gasteiger partial charge < -0.3 is 10.1 Å². The van der Waals surface area contributed by atoms with E-state index in [4.69, 9.17) is 4.74 Å². The van der Waals surface area contributed by atoms with Crippen LogP contribution in [0.3, 0.4) is 0 Å². The van der Waals surface area contributed by atoms with Crippen molar-refractivity contribution in [3.05, 3.63) is 59.4 Å². The molecule has 2 rings (SSSR count). The molecule has 2 aromatic carbocycles. The van der Waals surface area contributed by atoms with Gasteiger partial charge in [0.2, 0.25) is 0 Å². The van der Waals surface area contributed by atoms with Gasteiger partial charge in [-0.15, -0.1) is 0 Å². The van der Waals surface area contributed by atoms with Crippen LogP contribution in [0.5, 0.6) is 5.75 Å². The molecule has 2 aromatic rings. The van der Waals surface area contributed by atoms with Crippen molar-refractivity contribution in [1.29, 1.82) is 0 Å². The Kier molecular flexibility index (Phi) is 5.00. The maximum atomic E-state index is 13.4. The van der Waals surface area contributed by atoms with Crippen molar-refractivity contribution < 1.29 is 27.5 Å². The van der Waals surface area contributed by atoms with Crippen LogP contribution < -0.4 is 10.1 Å². The summed E-state index contributed by atoms with van der Waals surface area (Å²) < 4.78 is 44.4. The summed E-state index contributed by atoms with van der Waals surface area (Å²) in [4.78, 5) is 23.1. The molecule has 120 valence electrons. The number of hydrogen-bond acceptors (Lipinski definition) is 3. The molecule has 0 aliphatic rings. The van der Waals surface area contributed by atoms with Crippen molar-refractivity contribution in [1.82, 2.24) is 0 Å². The average molecular weight is 323 g/mol. The fraction of sp³-hybridized carbons (Fsp3) is 0.125. The standard InChI is InChI=1S/C16H12F3NO3/c1-9(21)12-6-10(17)3-5-15(12)23-8-16(22)20-14-4-2-11(18)7-13(14)19/h2-7H,8H2,1H3,(H,20,22). The molecule has 0 aromatic heterocycles. The fourth-order valence-corrected chi connectivity index (χ4v) is 1.82. The second-order valence-electron chi connectivity index (χ2n) is 4.66. The first-order chi connectivity index (χ1) is 10.9. The van der Waals surface area contributed by atoms with E-state index in [1.54, 1.807) is 0 Å². The highest BCUT2D eigenvalue weighted by Crippen LogP contribution is 2.20. The Morgan fingerprint density at radius 3 is 2.35 bits per heavy atom. The van der Waals surface area contributed by atoms with E-state index in [-0.39, 0.29) is 17.0 Å². The first kappa shape index (κ1) is 16.5.